The van der Waals surface area contributed by atoms with Crippen LogP contribution in [0, 0.1) is 0 Å². The van der Waals surface area contributed by atoms with Gasteiger partial charge in [0.15, 0.2) is 6.10 Å². The van der Waals surface area contributed by atoms with E-state index in [0.717, 1.165) is 64.2 Å². The third kappa shape index (κ3) is 37.4. The van der Waals surface area contributed by atoms with Crippen molar-refractivity contribution in [3.05, 3.63) is 12.2 Å². The molecule has 0 heterocycles. The number of rotatable bonds is 39. The second-order valence-electron chi connectivity index (χ2n) is 14.6. The molecule has 0 aliphatic heterocycles. The maximum atomic E-state index is 12.6. The molecular formula is C44H82O6. The number of esters is 3. The van der Waals surface area contributed by atoms with Crippen molar-refractivity contribution in [3.63, 3.8) is 0 Å². The van der Waals surface area contributed by atoms with Gasteiger partial charge in [0.1, 0.15) is 13.2 Å². The summed E-state index contributed by atoms with van der Waals surface area (Å²) in [4.78, 5) is 37.5. The zero-order chi connectivity index (χ0) is 36.6. The minimum Gasteiger partial charge on any atom is -0.462 e. The van der Waals surface area contributed by atoms with Crippen molar-refractivity contribution in [2.24, 2.45) is 0 Å². The first kappa shape index (κ1) is 48.1. The van der Waals surface area contributed by atoms with Crippen LogP contribution in [0.5, 0.6) is 0 Å². The van der Waals surface area contributed by atoms with Gasteiger partial charge in [-0.1, -0.05) is 187 Å². The van der Waals surface area contributed by atoms with Crippen molar-refractivity contribution in [2.75, 3.05) is 13.2 Å². The summed E-state index contributed by atoms with van der Waals surface area (Å²) in [6, 6.07) is 0. The average Bonchev–Trinajstić information content (AvgIpc) is 3.11. The predicted octanol–water partition coefficient (Wildman–Crippen LogP) is 13.5. The molecule has 0 aliphatic rings. The van der Waals surface area contributed by atoms with Gasteiger partial charge in [-0.25, -0.2) is 0 Å². The molecule has 0 radical (unpaired) electrons. The highest BCUT2D eigenvalue weighted by molar-refractivity contribution is 5.71. The minimum atomic E-state index is -0.764. The summed E-state index contributed by atoms with van der Waals surface area (Å²) in [5.74, 6) is -0.878. The summed E-state index contributed by atoms with van der Waals surface area (Å²) in [7, 11) is 0. The maximum Gasteiger partial charge on any atom is 0.306 e. The molecule has 0 aromatic heterocycles. The lowest BCUT2D eigenvalue weighted by atomic mass is 10.0. The summed E-state index contributed by atoms with van der Waals surface area (Å²) in [5.41, 5.74) is 0. The molecule has 1 atom stereocenters. The van der Waals surface area contributed by atoms with Gasteiger partial charge in [-0.3, -0.25) is 14.4 Å². The van der Waals surface area contributed by atoms with E-state index in [1.807, 2.05) is 0 Å². The molecular weight excluding hydrogens is 624 g/mol. The molecule has 0 bridgehead atoms. The summed E-state index contributed by atoms with van der Waals surface area (Å²) in [6.07, 6.45) is 40.5. The van der Waals surface area contributed by atoms with E-state index in [0.29, 0.717) is 19.3 Å². The molecule has 0 aliphatic carbocycles. The first-order chi connectivity index (χ1) is 24.5. The van der Waals surface area contributed by atoms with Crippen LogP contribution < -0.4 is 0 Å². The van der Waals surface area contributed by atoms with Crippen LogP contribution in [0.25, 0.3) is 0 Å². The van der Waals surface area contributed by atoms with E-state index in [9.17, 15) is 14.4 Å². The van der Waals surface area contributed by atoms with Crippen molar-refractivity contribution in [1.82, 2.24) is 0 Å². The molecule has 50 heavy (non-hydrogen) atoms. The predicted molar refractivity (Wildman–Crippen MR) is 210 cm³/mol. The lowest BCUT2D eigenvalue weighted by Crippen LogP contribution is -2.30. The Morgan fingerprint density at radius 3 is 1.06 bits per heavy atom. The Bertz CT molecular complexity index is 778. The van der Waals surface area contributed by atoms with Gasteiger partial charge < -0.3 is 14.2 Å². The molecule has 6 nitrogen and oxygen atoms in total. The van der Waals surface area contributed by atoms with Crippen LogP contribution in [-0.4, -0.2) is 37.2 Å². The maximum absolute atomic E-state index is 12.6. The van der Waals surface area contributed by atoms with Crippen LogP contribution in [0.1, 0.15) is 233 Å². The van der Waals surface area contributed by atoms with Gasteiger partial charge >= 0.3 is 17.9 Å². The summed E-state index contributed by atoms with van der Waals surface area (Å²) in [6.45, 7) is 6.57. The van der Waals surface area contributed by atoms with Gasteiger partial charge in [-0.05, 0) is 38.5 Å². The summed E-state index contributed by atoms with van der Waals surface area (Å²) in [5, 5.41) is 0. The number of ether oxygens (including phenoxy) is 3. The molecule has 1 unspecified atom stereocenters. The van der Waals surface area contributed by atoms with E-state index < -0.39 is 6.10 Å². The van der Waals surface area contributed by atoms with Gasteiger partial charge in [0, 0.05) is 19.3 Å². The Morgan fingerprint density at radius 1 is 0.380 bits per heavy atom. The third-order valence-electron chi connectivity index (χ3n) is 9.52. The number of carbonyl (C=O) groups is 3. The zero-order valence-electron chi connectivity index (χ0n) is 33.4. The SMILES string of the molecule is CCCC/C=C\CCCCCCCC(=O)OC(COC(=O)CCCCCCCCCCC)COC(=O)CCCCCCCCCCCCCC. The Hall–Kier alpha value is -1.85. The second kappa shape index (κ2) is 39.9. The molecule has 0 fully saturated rings. The van der Waals surface area contributed by atoms with E-state index in [-0.39, 0.29) is 31.1 Å². The first-order valence-electron chi connectivity index (χ1n) is 21.7. The molecule has 294 valence electrons. The van der Waals surface area contributed by atoms with Gasteiger partial charge in [0.25, 0.3) is 0 Å². The summed E-state index contributed by atoms with van der Waals surface area (Å²) >= 11 is 0. The normalized spacial score (nSPS) is 12.0. The minimum absolute atomic E-state index is 0.0695. The lowest BCUT2D eigenvalue weighted by Gasteiger charge is -2.18. The van der Waals surface area contributed by atoms with Crippen molar-refractivity contribution < 1.29 is 28.6 Å². The van der Waals surface area contributed by atoms with Crippen LogP contribution in [0.2, 0.25) is 0 Å². The van der Waals surface area contributed by atoms with Crippen molar-refractivity contribution in [1.29, 1.82) is 0 Å². The number of carbonyl (C=O) groups excluding carboxylic acids is 3. The van der Waals surface area contributed by atoms with Crippen molar-refractivity contribution >= 4 is 17.9 Å². The van der Waals surface area contributed by atoms with Crippen LogP contribution in [0.3, 0.4) is 0 Å². The fraction of sp³-hybridized carbons (Fsp3) is 0.886. The van der Waals surface area contributed by atoms with Crippen LogP contribution in [0.4, 0.5) is 0 Å². The Morgan fingerprint density at radius 2 is 0.680 bits per heavy atom. The number of unbranched alkanes of at least 4 members (excludes halogenated alkanes) is 26. The standard InChI is InChI=1S/C44H82O6/c1-4-7-10-13-16-19-21-23-25-28-31-34-37-43(46)49-40-41(39-48-42(45)36-33-30-27-24-18-15-12-9-6-3)50-44(47)38-35-32-29-26-22-20-17-14-11-8-5-2/h14,17,41H,4-13,15-16,18-40H2,1-3H3/b17-14-. The Kier molecular flexibility index (Phi) is 38.5. The van der Waals surface area contributed by atoms with E-state index in [1.54, 1.807) is 0 Å². The van der Waals surface area contributed by atoms with Crippen LogP contribution >= 0.6 is 0 Å². The molecule has 0 N–H and O–H groups in total. The smallest absolute Gasteiger partial charge is 0.306 e. The Balaban J connectivity index is 4.34. The highest BCUT2D eigenvalue weighted by atomic mass is 16.6. The first-order valence-corrected chi connectivity index (χ1v) is 21.7. The van der Waals surface area contributed by atoms with E-state index in [2.05, 4.69) is 32.9 Å². The summed E-state index contributed by atoms with van der Waals surface area (Å²) < 4.78 is 16.6. The highest BCUT2D eigenvalue weighted by Crippen LogP contribution is 2.15. The van der Waals surface area contributed by atoms with Gasteiger partial charge in [-0.15, -0.1) is 0 Å². The molecule has 0 aromatic rings. The van der Waals surface area contributed by atoms with E-state index in [1.165, 1.54) is 128 Å². The highest BCUT2D eigenvalue weighted by Gasteiger charge is 2.19. The average molecular weight is 707 g/mol. The largest absolute Gasteiger partial charge is 0.462 e. The van der Waals surface area contributed by atoms with E-state index >= 15 is 0 Å². The molecule has 0 aromatic carbocycles. The third-order valence-corrected chi connectivity index (χ3v) is 9.52. The molecule has 0 saturated heterocycles. The molecule has 6 heteroatoms. The monoisotopic (exact) mass is 707 g/mol. The molecule has 0 rings (SSSR count). The van der Waals surface area contributed by atoms with E-state index in [4.69, 9.17) is 14.2 Å². The van der Waals surface area contributed by atoms with Gasteiger partial charge in [0.05, 0.1) is 0 Å². The topological polar surface area (TPSA) is 78.9 Å². The van der Waals surface area contributed by atoms with Crippen LogP contribution in [-0.2, 0) is 28.6 Å². The number of hydrogen-bond acceptors (Lipinski definition) is 6. The Labute approximate surface area is 310 Å². The molecule has 0 spiro atoms. The number of allylic oxidation sites excluding steroid dienone is 2. The van der Waals surface area contributed by atoms with Crippen molar-refractivity contribution in [2.45, 2.75) is 239 Å². The fourth-order valence-electron chi connectivity index (χ4n) is 6.19. The van der Waals surface area contributed by atoms with Gasteiger partial charge in [-0.2, -0.15) is 0 Å². The molecule has 0 amide bonds. The zero-order valence-corrected chi connectivity index (χ0v) is 33.4. The lowest BCUT2D eigenvalue weighted by molar-refractivity contribution is -0.167. The molecule has 0 saturated carbocycles. The second-order valence-corrected chi connectivity index (χ2v) is 14.6. The van der Waals surface area contributed by atoms with Gasteiger partial charge in [0.2, 0.25) is 0 Å². The van der Waals surface area contributed by atoms with Crippen molar-refractivity contribution in [3.8, 4) is 0 Å². The fourth-order valence-corrected chi connectivity index (χ4v) is 6.19. The number of hydrogen-bond donors (Lipinski definition) is 0. The van der Waals surface area contributed by atoms with Crippen LogP contribution in [0.15, 0.2) is 12.2 Å². The quantitative estimate of drug-likeness (QED) is 0.0274.